The lowest BCUT2D eigenvalue weighted by atomic mass is 9.34. The third-order valence-corrected chi connectivity index (χ3v) is 12.7. The van der Waals surface area contributed by atoms with Crippen molar-refractivity contribution < 1.29 is 29.0 Å². The van der Waals surface area contributed by atoms with Gasteiger partial charge in [-0.05, 0) is 86.0 Å². The van der Waals surface area contributed by atoms with Crippen LogP contribution in [0.2, 0.25) is 0 Å². The van der Waals surface area contributed by atoms with E-state index >= 15 is 0 Å². The first kappa shape index (κ1) is 29.2. The number of hydrogen-bond acceptors (Lipinski definition) is 6. The van der Waals surface area contributed by atoms with Crippen LogP contribution in [-0.2, 0) is 23.9 Å². The molecule has 3 fully saturated rings. The molecule has 0 spiro atoms. The number of carboxylic acids is 1. The van der Waals surface area contributed by atoms with Crippen molar-refractivity contribution in [3.63, 3.8) is 0 Å². The zero-order valence-electron chi connectivity index (χ0n) is 25.2. The first-order chi connectivity index (χ1) is 18.6. The van der Waals surface area contributed by atoms with Crippen LogP contribution in [0.3, 0.4) is 0 Å². The van der Waals surface area contributed by atoms with E-state index in [-0.39, 0.29) is 59.1 Å². The van der Waals surface area contributed by atoms with E-state index in [1.165, 1.54) is 7.11 Å². The molecular weight excluding hydrogens is 506 g/mol. The minimum Gasteiger partial charge on any atom is -0.481 e. The highest BCUT2D eigenvalue weighted by Crippen LogP contribution is 2.74. The molecule has 0 amide bonds. The van der Waals surface area contributed by atoms with Crippen LogP contribution in [0.5, 0.6) is 0 Å². The Kier molecular flexibility index (Phi) is 6.64. The number of carbonyl (C=O) groups excluding carboxylic acids is 2. The number of aliphatic carboxylic acids is 1. The fraction of sp³-hybridized carbons (Fsp3) is 0.758. The standard InChI is InChI=1S/C33H45NO6/c1-28(2)10-12-33(27(37)38)13-11-32(6)25(21(33)16-28)22(35)14-24-29(3)15-20(17-34)26(36)30(4,18-40-19-39-7)23(29)8-9-31(24,32)5/h14-15,21,23,25H,8-13,16,18-19H2,1-7H3,(H,37,38)/t21-,23+,25-,29-,30-,31+,32+,33-/m0/s1. The highest BCUT2D eigenvalue weighted by molar-refractivity contribution is 6.05. The number of hydrogen-bond donors (Lipinski definition) is 1. The molecule has 40 heavy (non-hydrogen) atoms. The Balaban J connectivity index is 1.66. The molecule has 0 aromatic carbocycles. The van der Waals surface area contributed by atoms with Crippen molar-refractivity contribution in [2.24, 2.45) is 50.2 Å². The molecular formula is C33H45NO6. The maximum Gasteiger partial charge on any atom is 0.309 e. The van der Waals surface area contributed by atoms with Crippen LogP contribution in [0, 0.1) is 61.6 Å². The minimum atomic E-state index is -0.936. The summed E-state index contributed by atoms with van der Waals surface area (Å²) in [5.74, 6) is -1.68. The molecule has 7 heteroatoms. The van der Waals surface area contributed by atoms with Gasteiger partial charge in [0.05, 0.1) is 23.0 Å². The van der Waals surface area contributed by atoms with Gasteiger partial charge in [-0.2, -0.15) is 5.26 Å². The van der Waals surface area contributed by atoms with Gasteiger partial charge in [0.25, 0.3) is 0 Å². The largest absolute Gasteiger partial charge is 0.481 e. The van der Waals surface area contributed by atoms with Crippen molar-refractivity contribution in [2.45, 2.75) is 86.5 Å². The average molecular weight is 552 g/mol. The molecule has 0 aromatic heterocycles. The maximum absolute atomic E-state index is 14.4. The zero-order chi connectivity index (χ0) is 29.5. The van der Waals surface area contributed by atoms with Gasteiger partial charge in [-0.15, -0.1) is 0 Å². The second kappa shape index (κ2) is 9.10. The Morgan fingerprint density at radius 2 is 1.75 bits per heavy atom. The molecule has 5 aliphatic rings. The van der Waals surface area contributed by atoms with Gasteiger partial charge in [-0.3, -0.25) is 14.4 Å². The summed E-state index contributed by atoms with van der Waals surface area (Å²) in [4.78, 5) is 40.9. The topological polar surface area (TPSA) is 114 Å². The van der Waals surface area contributed by atoms with Crippen molar-refractivity contribution in [1.82, 2.24) is 0 Å². The number of Topliss-reactive ketones (excluding diaryl/α,β-unsaturated/α-hetero) is 1. The summed E-state index contributed by atoms with van der Waals surface area (Å²) >= 11 is 0. The Bertz CT molecular complexity index is 1260. The molecule has 7 nitrogen and oxygen atoms in total. The molecule has 0 aliphatic heterocycles. The third kappa shape index (κ3) is 3.64. The Morgan fingerprint density at radius 3 is 2.38 bits per heavy atom. The third-order valence-electron chi connectivity index (χ3n) is 12.7. The van der Waals surface area contributed by atoms with Gasteiger partial charge in [0.1, 0.15) is 12.9 Å². The van der Waals surface area contributed by atoms with Crippen LogP contribution in [0.25, 0.3) is 0 Å². The van der Waals surface area contributed by atoms with E-state index < -0.39 is 27.6 Å². The fourth-order valence-corrected chi connectivity index (χ4v) is 10.3. The monoisotopic (exact) mass is 551 g/mol. The quantitative estimate of drug-likeness (QED) is 0.335. The van der Waals surface area contributed by atoms with Crippen molar-refractivity contribution in [2.75, 3.05) is 20.5 Å². The van der Waals surface area contributed by atoms with Crippen LogP contribution in [0.4, 0.5) is 0 Å². The summed E-state index contributed by atoms with van der Waals surface area (Å²) in [6.07, 6.45) is 8.62. The average Bonchev–Trinajstić information content (AvgIpc) is 2.87. The summed E-state index contributed by atoms with van der Waals surface area (Å²) in [7, 11) is 1.54. The van der Waals surface area contributed by atoms with E-state index in [9.17, 15) is 24.8 Å². The normalized spacial score (nSPS) is 45.6. The summed E-state index contributed by atoms with van der Waals surface area (Å²) < 4.78 is 10.8. The van der Waals surface area contributed by atoms with E-state index in [0.717, 1.165) is 31.3 Å². The number of allylic oxidation sites excluding steroid dienone is 4. The number of carboxylic acid groups (broad SMARTS) is 1. The van der Waals surface area contributed by atoms with E-state index in [4.69, 9.17) is 9.47 Å². The molecule has 0 saturated heterocycles. The van der Waals surface area contributed by atoms with Crippen molar-refractivity contribution >= 4 is 17.5 Å². The molecule has 0 aromatic rings. The SMILES string of the molecule is COCOC[C@]1(C)C(=O)C(C#N)=C[C@]2(C)C3=CC(=O)[C@@H]4[C@@H]5CC(C)(C)CC[C@]5(C(=O)O)CC[C@@]4(C)[C@]3(C)CC[C@H]21. The number of ketones is 2. The van der Waals surface area contributed by atoms with E-state index in [1.54, 1.807) is 0 Å². The molecule has 5 aliphatic carbocycles. The first-order valence-electron chi connectivity index (χ1n) is 14.8. The highest BCUT2D eigenvalue weighted by Gasteiger charge is 2.71. The maximum atomic E-state index is 14.4. The lowest BCUT2D eigenvalue weighted by Gasteiger charge is -2.68. The van der Waals surface area contributed by atoms with Crippen molar-refractivity contribution in [3.05, 3.63) is 23.3 Å². The van der Waals surface area contributed by atoms with Crippen LogP contribution < -0.4 is 0 Å². The molecule has 0 heterocycles. The predicted octanol–water partition coefficient (Wildman–Crippen LogP) is 5.89. The van der Waals surface area contributed by atoms with Crippen LogP contribution >= 0.6 is 0 Å². The molecule has 3 saturated carbocycles. The summed E-state index contributed by atoms with van der Waals surface area (Å²) in [6.45, 7) is 13.1. The molecule has 0 radical (unpaired) electrons. The van der Waals surface area contributed by atoms with Crippen LogP contribution in [-0.4, -0.2) is 43.2 Å². The highest BCUT2D eigenvalue weighted by atomic mass is 16.7. The number of fused-ring (bicyclic) bond motifs is 7. The number of ether oxygens (including phenoxy) is 2. The van der Waals surface area contributed by atoms with E-state index in [0.29, 0.717) is 19.3 Å². The van der Waals surface area contributed by atoms with Gasteiger partial charge in [-0.25, -0.2) is 0 Å². The number of nitriles is 1. The Labute approximate surface area is 238 Å². The lowest BCUT2D eigenvalue weighted by Crippen LogP contribution is -2.66. The van der Waals surface area contributed by atoms with Gasteiger partial charge in [0.2, 0.25) is 0 Å². The molecule has 8 atom stereocenters. The van der Waals surface area contributed by atoms with Gasteiger partial charge in [0, 0.05) is 18.4 Å². The fourth-order valence-electron chi connectivity index (χ4n) is 10.3. The number of nitrogens with zero attached hydrogens (tertiary/aromatic N) is 1. The van der Waals surface area contributed by atoms with Gasteiger partial charge in [0.15, 0.2) is 11.6 Å². The van der Waals surface area contributed by atoms with Crippen LogP contribution in [0.1, 0.15) is 86.5 Å². The van der Waals surface area contributed by atoms with Gasteiger partial charge in [-0.1, -0.05) is 46.3 Å². The number of methoxy groups -OCH3 is 1. The molecule has 5 rings (SSSR count). The molecule has 0 unspecified atom stereocenters. The van der Waals surface area contributed by atoms with Crippen LogP contribution in [0.15, 0.2) is 23.3 Å². The zero-order valence-corrected chi connectivity index (χ0v) is 25.2. The first-order valence-corrected chi connectivity index (χ1v) is 14.8. The van der Waals surface area contributed by atoms with Crippen molar-refractivity contribution in [1.29, 1.82) is 5.26 Å². The van der Waals surface area contributed by atoms with E-state index in [1.807, 2.05) is 19.1 Å². The van der Waals surface area contributed by atoms with E-state index in [2.05, 4.69) is 40.7 Å². The predicted molar refractivity (Wildman–Crippen MR) is 149 cm³/mol. The minimum absolute atomic E-state index is 0.0190. The van der Waals surface area contributed by atoms with Gasteiger partial charge >= 0.3 is 5.97 Å². The number of carbonyl (C=O) groups is 3. The summed E-state index contributed by atoms with van der Waals surface area (Å²) in [5.41, 5.74) is -2.19. The van der Waals surface area contributed by atoms with Gasteiger partial charge < -0.3 is 14.6 Å². The molecule has 218 valence electrons. The summed E-state index contributed by atoms with van der Waals surface area (Å²) in [6, 6.07) is 2.15. The Hall–Kier alpha value is -2.30. The van der Waals surface area contributed by atoms with Crippen molar-refractivity contribution in [3.8, 4) is 6.07 Å². The second-order valence-electron chi connectivity index (χ2n) is 15.2. The lowest BCUT2D eigenvalue weighted by molar-refractivity contribution is -0.189. The molecule has 0 bridgehead atoms. The second-order valence-corrected chi connectivity index (χ2v) is 15.2. The Morgan fingerprint density at radius 1 is 1.07 bits per heavy atom. The summed E-state index contributed by atoms with van der Waals surface area (Å²) in [5, 5.41) is 20.6. The number of rotatable bonds is 5. The smallest absolute Gasteiger partial charge is 0.309 e. The molecule has 1 N–H and O–H groups in total.